The van der Waals surface area contributed by atoms with Crippen molar-refractivity contribution in [3.8, 4) is 17.2 Å². The van der Waals surface area contributed by atoms with Gasteiger partial charge in [0.25, 0.3) is 0 Å². The predicted octanol–water partition coefficient (Wildman–Crippen LogP) is 5.30. The number of para-hydroxylation sites is 1. The monoisotopic (exact) mass is 445 g/mol. The Hall–Kier alpha value is -3.47. The minimum atomic E-state index is 0.0123. The molecule has 0 aliphatic carbocycles. The van der Waals surface area contributed by atoms with E-state index in [1.54, 1.807) is 14.2 Å². The third-order valence-electron chi connectivity index (χ3n) is 6.24. The number of ether oxygens (including phenoxy) is 3. The van der Waals surface area contributed by atoms with E-state index in [4.69, 9.17) is 14.2 Å². The first kappa shape index (κ1) is 22.7. The Morgan fingerprint density at radius 2 is 1.33 bits per heavy atom. The number of benzene rings is 3. The van der Waals surface area contributed by atoms with Gasteiger partial charge >= 0.3 is 0 Å². The van der Waals surface area contributed by atoms with E-state index < -0.39 is 0 Å². The summed E-state index contributed by atoms with van der Waals surface area (Å²) < 4.78 is 17.2. The minimum Gasteiger partial charge on any atom is -0.493 e. The van der Waals surface area contributed by atoms with Gasteiger partial charge < -0.3 is 19.1 Å². The normalized spacial score (nSPS) is 14.2. The summed E-state index contributed by atoms with van der Waals surface area (Å²) in [5, 5.41) is 0. The van der Waals surface area contributed by atoms with Gasteiger partial charge in [-0.15, -0.1) is 0 Å². The predicted molar refractivity (Wildman–Crippen MR) is 129 cm³/mol. The van der Waals surface area contributed by atoms with Crippen LogP contribution in [-0.4, -0.2) is 44.2 Å². The van der Waals surface area contributed by atoms with Crippen molar-refractivity contribution in [1.29, 1.82) is 0 Å². The average Bonchev–Trinajstić information content (AvgIpc) is 2.88. The maximum absolute atomic E-state index is 13.3. The molecule has 0 N–H and O–H groups in total. The number of methoxy groups -OCH3 is 2. The molecular weight excluding hydrogens is 414 g/mol. The van der Waals surface area contributed by atoms with Crippen molar-refractivity contribution in [2.45, 2.75) is 31.3 Å². The fourth-order valence-corrected chi connectivity index (χ4v) is 4.43. The molecular formula is C28H31NO4. The molecule has 1 aliphatic rings. The van der Waals surface area contributed by atoms with Crippen molar-refractivity contribution in [3.05, 3.63) is 90.0 Å². The first-order chi connectivity index (χ1) is 16.2. The van der Waals surface area contributed by atoms with E-state index in [1.807, 2.05) is 59.5 Å². The highest BCUT2D eigenvalue weighted by Crippen LogP contribution is 2.38. The van der Waals surface area contributed by atoms with Crippen molar-refractivity contribution in [1.82, 2.24) is 4.90 Å². The quantitative estimate of drug-likeness (QED) is 0.472. The number of rotatable bonds is 8. The molecule has 4 rings (SSSR count). The highest BCUT2D eigenvalue weighted by Gasteiger charge is 2.28. The highest BCUT2D eigenvalue weighted by atomic mass is 16.5. The van der Waals surface area contributed by atoms with E-state index in [0.717, 1.165) is 12.8 Å². The summed E-state index contributed by atoms with van der Waals surface area (Å²) in [6.45, 7) is 1.36. The largest absolute Gasteiger partial charge is 0.493 e. The molecule has 5 nitrogen and oxygen atoms in total. The first-order valence-corrected chi connectivity index (χ1v) is 11.4. The molecule has 172 valence electrons. The van der Waals surface area contributed by atoms with Crippen LogP contribution in [0.2, 0.25) is 0 Å². The van der Waals surface area contributed by atoms with Crippen LogP contribution in [0.3, 0.4) is 0 Å². The molecule has 33 heavy (non-hydrogen) atoms. The van der Waals surface area contributed by atoms with Gasteiger partial charge in [-0.3, -0.25) is 4.79 Å². The molecule has 1 saturated heterocycles. The number of carbonyl (C=O) groups excluding carboxylic acids is 1. The van der Waals surface area contributed by atoms with Crippen LogP contribution in [0, 0.1) is 0 Å². The Kier molecular flexibility index (Phi) is 7.51. The number of nitrogens with zero attached hydrogens (tertiary/aromatic N) is 1. The summed E-state index contributed by atoms with van der Waals surface area (Å²) in [5.74, 6) is 2.16. The summed E-state index contributed by atoms with van der Waals surface area (Å²) in [4.78, 5) is 15.2. The van der Waals surface area contributed by atoms with Gasteiger partial charge in [-0.1, -0.05) is 66.7 Å². The van der Waals surface area contributed by atoms with Gasteiger partial charge in [0.15, 0.2) is 11.5 Å². The van der Waals surface area contributed by atoms with E-state index in [2.05, 4.69) is 24.3 Å². The van der Waals surface area contributed by atoms with Crippen molar-refractivity contribution >= 4 is 5.91 Å². The Morgan fingerprint density at radius 1 is 0.818 bits per heavy atom. The van der Waals surface area contributed by atoms with Crippen LogP contribution in [0.5, 0.6) is 17.2 Å². The maximum Gasteiger partial charge on any atom is 0.223 e. The second kappa shape index (κ2) is 10.9. The Morgan fingerprint density at radius 3 is 1.82 bits per heavy atom. The molecule has 0 radical (unpaired) electrons. The molecule has 3 aromatic carbocycles. The molecule has 0 bridgehead atoms. The third kappa shape index (κ3) is 5.48. The van der Waals surface area contributed by atoms with E-state index in [-0.39, 0.29) is 17.9 Å². The molecule has 0 aromatic heterocycles. The second-order valence-corrected chi connectivity index (χ2v) is 8.27. The Bertz CT molecular complexity index is 969. The van der Waals surface area contributed by atoms with Gasteiger partial charge in [-0.05, 0) is 23.3 Å². The van der Waals surface area contributed by atoms with Crippen LogP contribution in [0.1, 0.15) is 36.3 Å². The summed E-state index contributed by atoms with van der Waals surface area (Å²) in [7, 11) is 3.25. The summed E-state index contributed by atoms with van der Waals surface area (Å²) >= 11 is 0. The van der Waals surface area contributed by atoms with Crippen molar-refractivity contribution < 1.29 is 19.0 Å². The zero-order valence-corrected chi connectivity index (χ0v) is 19.3. The fourth-order valence-electron chi connectivity index (χ4n) is 4.43. The van der Waals surface area contributed by atoms with Gasteiger partial charge in [-0.25, -0.2) is 0 Å². The molecule has 1 amide bonds. The Balaban J connectivity index is 1.40. The fraction of sp³-hybridized carbons (Fsp3) is 0.321. The van der Waals surface area contributed by atoms with Gasteiger partial charge in [0.1, 0.15) is 6.10 Å². The molecule has 1 fully saturated rings. The standard InChI is InChI=1S/C28H31NO4/c1-31-25-14-9-15-26(32-2)28(25)33-23-16-18-29(19-17-23)27(30)20-24(21-10-5-3-6-11-21)22-12-7-4-8-13-22/h3-15,23-24H,16-20H2,1-2H3. The third-order valence-corrected chi connectivity index (χ3v) is 6.24. The smallest absolute Gasteiger partial charge is 0.223 e. The van der Waals surface area contributed by atoms with E-state index in [1.165, 1.54) is 11.1 Å². The van der Waals surface area contributed by atoms with Crippen LogP contribution in [-0.2, 0) is 4.79 Å². The van der Waals surface area contributed by atoms with Crippen molar-refractivity contribution in [2.24, 2.45) is 0 Å². The molecule has 3 aromatic rings. The number of hydrogen-bond acceptors (Lipinski definition) is 4. The van der Waals surface area contributed by atoms with Crippen molar-refractivity contribution in [3.63, 3.8) is 0 Å². The molecule has 1 heterocycles. The first-order valence-electron chi connectivity index (χ1n) is 11.4. The molecule has 0 unspecified atom stereocenters. The van der Waals surface area contributed by atoms with Gasteiger partial charge in [0.2, 0.25) is 11.7 Å². The summed E-state index contributed by atoms with van der Waals surface area (Å²) in [6, 6.07) is 26.2. The van der Waals surface area contributed by atoms with Crippen LogP contribution in [0.15, 0.2) is 78.9 Å². The molecule has 5 heteroatoms. The second-order valence-electron chi connectivity index (χ2n) is 8.27. The van der Waals surface area contributed by atoms with Crippen molar-refractivity contribution in [2.75, 3.05) is 27.3 Å². The molecule has 1 aliphatic heterocycles. The number of amides is 1. The topological polar surface area (TPSA) is 48.0 Å². The zero-order chi connectivity index (χ0) is 23.0. The lowest BCUT2D eigenvalue weighted by Gasteiger charge is -2.33. The van der Waals surface area contributed by atoms with Crippen LogP contribution >= 0.6 is 0 Å². The number of piperidine rings is 1. The highest BCUT2D eigenvalue weighted by molar-refractivity contribution is 5.78. The Labute approximate surface area is 195 Å². The van der Waals surface area contributed by atoms with E-state index in [0.29, 0.717) is 36.8 Å². The SMILES string of the molecule is COc1cccc(OC)c1OC1CCN(C(=O)CC(c2ccccc2)c2ccccc2)CC1. The minimum absolute atomic E-state index is 0.0123. The van der Waals surface area contributed by atoms with Gasteiger partial charge in [0.05, 0.1) is 14.2 Å². The molecule has 0 atom stereocenters. The zero-order valence-electron chi connectivity index (χ0n) is 19.3. The number of likely N-dealkylation sites (tertiary alicyclic amines) is 1. The number of carbonyl (C=O) groups is 1. The van der Waals surface area contributed by atoms with Gasteiger partial charge in [0, 0.05) is 38.3 Å². The molecule has 0 saturated carbocycles. The van der Waals surface area contributed by atoms with Gasteiger partial charge in [-0.2, -0.15) is 0 Å². The summed E-state index contributed by atoms with van der Waals surface area (Å²) in [5.41, 5.74) is 2.33. The van der Waals surface area contributed by atoms with E-state index >= 15 is 0 Å². The van der Waals surface area contributed by atoms with Crippen LogP contribution in [0.4, 0.5) is 0 Å². The van der Waals surface area contributed by atoms with Crippen LogP contribution in [0.25, 0.3) is 0 Å². The lowest BCUT2D eigenvalue weighted by atomic mass is 9.88. The lowest BCUT2D eigenvalue weighted by molar-refractivity contribution is -0.133. The average molecular weight is 446 g/mol. The summed E-state index contributed by atoms with van der Waals surface area (Å²) in [6.07, 6.45) is 2.01. The van der Waals surface area contributed by atoms with E-state index in [9.17, 15) is 4.79 Å². The van der Waals surface area contributed by atoms with Crippen LogP contribution < -0.4 is 14.2 Å². The maximum atomic E-state index is 13.3. The lowest BCUT2D eigenvalue weighted by Crippen LogP contribution is -2.42. The number of hydrogen-bond donors (Lipinski definition) is 0. The molecule has 0 spiro atoms.